The van der Waals surface area contributed by atoms with Crippen LogP contribution in [-0.2, 0) is 11.3 Å². The van der Waals surface area contributed by atoms with E-state index in [1.807, 2.05) is 25.2 Å². The monoisotopic (exact) mass is 384 g/mol. The van der Waals surface area contributed by atoms with Gasteiger partial charge in [-0.25, -0.2) is 0 Å². The highest BCUT2D eigenvalue weighted by Gasteiger charge is 2.15. The van der Waals surface area contributed by atoms with Crippen molar-refractivity contribution in [2.75, 3.05) is 53.6 Å². The van der Waals surface area contributed by atoms with Gasteiger partial charge in [-0.2, -0.15) is 0 Å². The van der Waals surface area contributed by atoms with E-state index in [1.165, 1.54) is 25.7 Å². The molecule has 1 aromatic rings. The van der Waals surface area contributed by atoms with Gasteiger partial charge in [0.05, 0.1) is 6.61 Å². The van der Waals surface area contributed by atoms with Crippen molar-refractivity contribution in [1.82, 2.24) is 9.80 Å². The molecule has 0 bridgehead atoms. The molecule has 0 unspecified atom stereocenters. The summed E-state index contributed by atoms with van der Waals surface area (Å²) in [6.45, 7) is 5.37. The van der Waals surface area contributed by atoms with E-state index in [4.69, 9.17) is 21.1 Å². The average Bonchev–Trinajstić information content (AvgIpc) is 2.88. The van der Waals surface area contributed by atoms with Crippen molar-refractivity contribution in [3.05, 3.63) is 28.8 Å². The Morgan fingerprint density at radius 3 is 2.65 bits per heavy atom. The summed E-state index contributed by atoms with van der Waals surface area (Å²) in [5.41, 5.74) is 1.03. The number of aliphatic hydroxyl groups excluding tert-OH is 1. The fourth-order valence-corrected chi connectivity index (χ4v) is 3.48. The summed E-state index contributed by atoms with van der Waals surface area (Å²) in [5.74, 6) is 0.786. The van der Waals surface area contributed by atoms with Gasteiger partial charge in [0.15, 0.2) is 0 Å². The average molecular weight is 385 g/mol. The van der Waals surface area contributed by atoms with Crippen LogP contribution in [0.2, 0.25) is 5.02 Å². The van der Waals surface area contributed by atoms with E-state index in [1.54, 1.807) is 7.11 Å². The van der Waals surface area contributed by atoms with Crippen molar-refractivity contribution in [1.29, 1.82) is 0 Å². The highest BCUT2D eigenvalue weighted by molar-refractivity contribution is 6.30. The van der Waals surface area contributed by atoms with Crippen LogP contribution in [0.25, 0.3) is 0 Å². The zero-order chi connectivity index (χ0) is 18.8. The number of hydrogen-bond acceptors (Lipinski definition) is 5. The maximum atomic E-state index is 10.4. The standard InChI is InChI=1S/C20H33ClN2O3/c1-22(11-12-25-2)14-17-13-18(21)7-8-20(17)26-16-19(24)15-23-9-5-3-4-6-10-23/h7-8,13,19,24H,3-6,9-12,14-16H2,1-2H3/t19-/m1/s1. The van der Waals surface area contributed by atoms with Crippen molar-refractivity contribution in [3.8, 4) is 5.75 Å². The van der Waals surface area contributed by atoms with Gasteiger partial charge in [0.1, 0.15) is 18.5 Å². The van der Waals surface area contributed by atoms with Gasteiger partial charge in [-0.3, -0.25) is 4.90 Å². The summed E-state index contributed by atoms with van der Waals surface area (Å²) in [7, 11) is 3.74. The lowest BCUT2D eigenvalue weighted by atomic mass is 10.2. The zero-order valence-corrected chi connectivity index (χ0v) is 16.9. The molecular weight excluding hydrogens is 352 g/mol. The number of nitrogens with zero attached hydrogens (tertiary/aromatic N) is 2. The topological polar surface area (TPSA) is 45.2 Å². The third kappa shape index (κ3) is 7.80. The molecule has 1 aliphatic rings. The quantitative estimate of drug-likeness (QED) is 0.671. The molecule has 26 heavy (non-hydrogen) atoms. The second kappa shape index (κ2) is 11.8. The van der Waals surface area contributed by atoms with Crippen molar-refractivity contribution in [2.24, 2.45) is 0 Å². The molecule has 0 spiro atoms. The highest BCUT2D eigenvalue weighted by atomic mass is 35.5. The number of ether oxygens (including phenoxy) is 2. The summed E-state index contributed by atoms with van der Waals surface area (Å²) in [6, 6.07) is 5.65. The SMILES string of the molecule is COCCN(C)Cc1cc(Cl)ccc1OC[C@H](O)CN1CCCCCC1. The number of likely N-dealkylation sites (tertiary alicyclic amines) is 1. The van der Waals surface area contributed by atoms with Crippen LogP contribution in [0.15, 0.2) is 18.2 Å². The lowest BCUT2D eigenvalue weighted by molar-refractivity contribution is 0.0686. The van der Waals surface area contributed by atoms with E-state index in [9.17, 15) is 5.11 Å². The summed E-state index contributed by atoms with van der Waals surface area (Å²) in [4.78, 5) is 4.51. The fourth-order valence-electron chi connectivity index (χ4n) is 3.28. The Balaban J connectivity index is 1.87. The summed E-state index contributed by atoms with van der Waals surface area (Å²) >= 11 is 6.16. The Morgan fingerprint density at radius 2 is 1.96 bits per heavy atom. The van der Waals surface area contributed by atoms with Crippen LogP contribution in [0.3, 0.4) is 0 Å². The second-order valence-electron chi connectivity index (χ2n) is 7.16. The van der Waals surface area contributed by atoms with E-state index >= 15 is 0 Å². The van der Waals surface area contributed by atoms with Crippen molar-refractivity contribution in [2.45, 2.75) is 38.3 Å². The molecule has 0 radical (unpaired) electrons. The molecule has 1 aromatic carbocycles. The lowest BCUT2D eigenvalue weighted by Gasteiger charge is -2.24. The van der Waals surface area contributed by atoms with Crippen LogP contribution < -0.4 is 4.74 Å². The van der Waals surface area contributed by atoms with E-state index in [2.05, 4.69) is 9.80 Å². The number of hydrogen-bond donors (Lipinski definition) is 1. The van der Waals surface area contributed by atoms with Gasteiger partial charge in [-0.1, -0.05) is 24.4 Å². The van der Waals surface area contributed by atoms with Crippen LogP contribution >= 0.6 is 11.6 Å². The van der Waals surface area contributed by atoms with Gasteiger partial charge in [0.2, 0.25) is 0 Å². The minimum Gasteiger partial charge on any atom is -0.491 e. The molecule has 1 aliphatic heterocycles. The van der Waals surface area contributed by atoms with Crippen LogP contribution in [0.4, 0.5) is 0 Å². The molecule has 0 saturated carbocycles. The van der Waals surface area contributed by atoms with Crippen LogP contribution in [0, 0.1) is 0 Å². The molecule has 6 heteroatoms. The Labute approximate surface area is 162 Å². The molecule has 1 heterocycles. The third-order valence-corrected chi connectivity index (χ3v) is 4.97. The molecule has 0 aliphatic carbocycles. The predicted octanol–water partition coefficient (Wildman–Crippen LogP) is 3.03. The molecule has 1 fully saturated rings. The van der Waals surface area contributed by atoms with Gasteiger partial charge < -0.3 is 19.5 Å². The first-order valence-corrected chi connectivity index (χ1v) is 9.95. The lowest BCUT2D eigenvalue weighted by Crippen LogP contribution is -2.36. The third-order valence-electron chi connectivity index (χ3n) is 4.74. The minimum atomic E-state index is -0.483. The summed E-state index contributed by atoms with van der Waals surface area (Å²) in [5, 5.41) is 11.1. The maximum Gasteiger partial charge on any atom is 0.124 e. The number of halogens is 1. The van der Waals surface area contributed by atoms with Crippen LogP contribution in [-0.4, -0.2) is 74.6 Å². The van der Waals surface area contributed by atoms with Gasteiger partial charge in [-0.05, 0) is 51.2 Å². The first-order chi connectivity index (χ1) is 12.6. The number of β-amino-alcohol motifs (C(OH)–C–C–N with tert-alkyl or cyclic N) is 1. The normalized spacial score (nSPS) is 17.3. The minimum absolute atomic E-state index is 0.299. The predicted molar refractivity (Wildman–Crippen MR) is 106 cm³/mol. The first kappa shape index (κ1) is 21.5. The molecule has 1 saturated heterocycles. The summed E-state index contributed by atoms with van der Waals surface area (Å²) < 4.78 is 11.1. The largest absolute Gasteiger partial charge is 0.491 e. The molecule has 1 atom stereocenters. The Kier molecular flexibility index (Phi) is 9.72. The number of rotatable bonds is 10. The van der Waals surface area contributed by atoms with E-state index in [-0.39, 0.29) is 0 Å². The first-order valence-electron chi connectivity index (χ1n) is 9.57. The Bertz CT molecular complexity index is 522. The second-order valence-corrected chi connectivity index (χ2v) is 7.60. The van der Waals surface area contributed by atoms with Crippen molar-refractivity contribution in [3.63, 3.8) is 0 Å². The number of methoxy groups -OCH3 is 1. The van der Waals surface area contributed by atoms with Crippen molar-refractivity contribution < 1.29 is 14.6 Å². The number of likely N-dealkylation sites (N-methyl/N-ethyl adjacent to an activating group) is 1. The fraction of sp³-hybridized carbons (Fsp3) is 0.700. The molecular formula is C20H33ClN2O3. The molecule has 0 aromatic heterocycles. The van der Waals surface area contributed by atoms with Gasteiger partial charge >= 0.3 is 0 Å². The van der Waals surface area contributed by atoms with E-state index in [0.717, 1.165) is 37.5 Å². The van der Waals surface area contributed by atoms with Gasteiger partial charge in [0.25, 0.3) is 0 Å². The molecule has 1 N–H and O–H groups in total. The van der Waals surface area contributed by atoms with Crippen LogP contribution in [0.5, 0.6) is 5.75 Å². The molecule has 2 rings (SSSR count). The number of aliphatic hydroxyl groups is 1. The maximum absolute atomic E-state index is 10.4. The molecule has 0 amide bonds. The Morgan fingerprint density at radius 1 is 1.23 bits per heavy atom. The smallest absolute Gasteiger partial charge is 0.124 e. The van der Waals surface area contributed by atoms with Gasteiger partial charge in [-0.15, -0.1) is 0 Å². The van der Waals surface area contributed by atoms with E-state index in [0.29, 0.717) is 24.8 Å². The van der Waals surface area contributed by atoms with E-state index < -0.39 is 6.10 Å². The van der Waals surface area contributed by atoms with Crippen LogP contribution in [0.1, 0.15) is 31.2 Å². The number of benzene rings is 1. The zero-order valence-electron chi connectivity index (χ0n) is 16.1. The summed E-state index contributed by atoms with van der Waals surface area (Å²) in [6.07, 6.45) is 4.57. The van der Waals surface area contributed by atoms with Crippen molar-refractivity contribution >= 4 is 11.6 Å². The molecule has 5 nitrogen and oxygen atoms in total. The highest BCUT2D eigenvalue weighted by Crippen LogP contribution is 2.24. The molecule has 148 valence electrons. The Hall–Kier alpha value is -0.850. The van der Waals surface area contributed by atoms with Gasteiger partial charge in [0, 0.05) is 37.3 Å².